The van der Waals surface area contributed by atoms with Gasteiger partial charge in [-0.3, -0.25) is 4.90 Å². The Morgan fingerprint density at radius 3 is 3.00 bits per heavy atom. The van der Waals surface area contributed by atoms with Gasteiger partial charge in [0.05, 0.1) is 6.61 Å². The van der Waals surface area contributed by atoms with Gasteiger partial charge in [0.25, 0.3) is 0 Å². The first kappa shape index (κ1) is 12.0. The average Bonchev–Trinajstić information content (AvgIpc) is 2.46. The van der Waals surface area contributed by atoms with Gasteiger partial charge >= 0.3 is 0 Å². The fraction of sp³-hybridized carbons (Fsp3) is 1.00. The number of nitrogens with one attached hydrogen (secondary N) is 1. The first-order valence-corrected chi connectivity index (χ1v) is 5.87. The highest BCUT2D eigenvalue weighted by Crippen LogP contribution is 2.03. The van der Waals surface area contributed by atoms with E-state index in [2.05, 4.69) is 24.1 Å². The summed E-state index contributed by atoms with van der Waals surface area (Å²) in [4.78, 5) is 2.52. The van der Waals surface area contributed by atoms with Crippen LogP contribution in [0.1, 0.15) is 26.7 Å². The molecule has 3 heteroatoms. The van der Waals surface area contributed by atoms with Crippen LogP contribution in [0, 0.1) is 0 Å². The molecular weight excluding hydrogens is 176 g/mol. The third-order valence-electron chi connectivity index (χ3n) is 2.75. The van der Waals surface area contributed by atoms with Crippen LogP contribution in [-0.2, 0) is 4.74 Å². The molecule has 1 atom stereocenters. The molecule has 3 nitrogen and oxygen atoms in total. The summed E-state index contributed by atoms with van der Waals surface area (Å²) in [5.74, 6) is 0. The summed E-state index contributed by atoms with van der Waals surface area (Å²) in [5.41, 5.74) is 0. The van der Waals surface area contributed by atoms with Crippen LogP contribution in [0.15, 0.2) is 0 Å². The Bertz CT molecular complexity index is 133. The van der Waals surface area contributed by atoms with Crippen molar-refractivity contribution in [2.75, 3.05) is 39.4 Å². The lowest BCUT2D eigenvalue weighted by Gasteiger charge is -2.27. The van der Waals surface area contributed by atoms with Crippen LogP contribution in [0.4, 0.5) is 0 Å². The predicted molar refractivity (Wildman–Crippen MR) is 59.6 cm³/mol. The Balaban J connectivity index is 2.16. The van der Waals surface area contributed by atoms with E-state index in [1.807, 2.05) is 0 Å². The molecule has 14 heavy (non-hydrogen) atoms. The van der Waals surface area contributed by atoms with Crippen molar-refractivity contribution in [3.8, 4) is 0 Å². The number of hydrogen-bond acceptors (Lipinski definition) is 3. The van der Waals surface area contributed by atoms with E-state index < -0.39 is 0 Å². The van der Waals surface area contributed by atoms with Gasteiger partial charge in [-0.25, -0.2) is 0 Å². The van der Waals surface area contributed by atoms with E-state index in [1.54, 1.807) is 0 Å². The van der Waals surface area contributed by atoms with E-state index in [0.717, 1.165) is 32.8 Å². The monoisotopic (exact) mass is 200 g/mol. The number of rotatable bonds is 5. The molecule has 1 aliphatic heterocycles. The van der Waals surface area contributed by atoms with Gasteiger partial charge in [0.15, 0.2) is 0 Å². The standard InChI is InChI=1S/C11H24N2O/c1-3-5-12-10-11(2)13-6-4-8-14-9-7-13/h11-12H,3-10H2,1-2H3. The zero-order valence-electron chi connectivity index (χ0n) is 9.59. The molecule has 84 valence electrons. The van der Waals surface area contributed by atoms with Gasteiger partial charge in [-0.1, -0.05) is 6.92 Å². The Kier molecular flexibility index (Phi) is 6.15. The topological polar surface area (TPSA) is 24.5 Å². The Morgan fingerprint density at radius 1 is 1.36 bits per heavy atom. The lowest BCUT2D eigenvalue weighted by Crippen LogP contribution is -2.41. The normalized spacial score (nSPS) is 21.9. The SMILES string of the molecule is CCCNCC(C)N1CCCOCC1. The highest BCUT2D eigenvalue weighted by molar-refractivity contribution is 4.71. The molecule has 0 amide bonds. The summed E-state index contributed by atoms with van der Waals surface area (Å²) in [6.45, 7) is 10.9. The minimum atomic E-state index is 0.642. The van der Waals surface area contributed by atoms with Gasteiger partial charge in [0.1, 0.15) is 0 Å². The van der Waals surface area contributed by atoms with Crippen LogP contribution in [0.25, 0.3) is 0 Å². The lowest BCUT2D eigenvalue weighted by atomic mass is 10.2. The Morgan fingerprint density at radius 2 is 2.21 bits per heavy atom. The van der Waals surface area contributed by atoms with Crippen LogP contribution in [0.5, 0.6) is 0 Å². The van der Waals surface area contributed by atoms with E-state index in [9.17, 15) is 0 Å². The van der Waals surface area contributed by atoms with Gasteiger partial charge in [-0.05, 0) is 26.3 Å². The minimum Gasteiger partial charge on any atom is -0.380 e. The third-order valence-corrected chi connectivity index (χ3v) is 2.75. The molecule has 1 rings (SSSR count). The zero-order chi connectivity index (χ0) is 10.2. The maximum atomic E-state index is 5.44. The minimum absolute atomic E-state index is 0.642. The molecule has 1 N–H and O–H groups in total. The molecule has 1 aliphatic rings. The maximum Gasteiger partial charge on any atom is 0.0593 e. The lowest BCUT2D eigenvalue weighted by molar-refractivity contribution is 0.133. The van der Waals surface area contributed by atoms with Crippen molar-refractivity contribution in [3.63, 3.8) is 0 Å². The molecule has 1 unspecified atom stereocenters. The van der Waals surface area contributed by atoms with Crippen molar-refractivity contribution >= 4 is 0 Å². The second kappa shape index (κ2) is 7.21. The smallest absolute Gasteiger partial charge is 0.0593 e. The van der Waals surface area contributed by atoms with E-state index in [-0.39, 0.29) is 0 Å². The van der Waals surface area contributed by atoms with Crippen molar-refractivity contribution in [1.82, 2.24) is 10.2 Å². The molecule has 0 aliphatic carbocycles. The van der Waals surface area contributed by atoms with Gasteiger partial charge < -0.3 is 10.1 Å². The van der Waals surface area contributed by atoms with Crippen LogP contribution in [0.2, 0.25) is 0 Å². The second-order valence-electron chi connectivity index (χ2n) is 4.06. The fourth-order valence-electron chi connectivity index (χ4n) is 1.82. The first-order chi connectivity index (χ1) is 6.84. The molecule has 1 saturated heterocycles. The second-order valence-corrected chi connectivity index (χ2v) is 4.06. The molecule has 0 spiro atoms. The molecule has 0 aromatic carbocycles. The quantitative estimate of drug-likeness (QED) is 0.673. The summed E-state index contributed by atoms with van der Waals surface area (Å²) in [7, 11) is 0. The molecule has 0 radical (unpaired) electrons. The molecule has 0 saturated carbocycles. The van der Waals surface area contributed by atoms with Gasteiger partial charge in [0, 0.05) is 32.3 Å². The highest BCUT2D eigenvalue weighted by atomic mass is 16.5. The van der Waals surface area contributed by atoms with Crippen LogP contribution >= 0.6 is 0 Å². The van der Waals surface area contributed by atoms with Crippen LogP contribution in [0.3, 0.4) is 0 Å². The fourth-order valence-corrected chi connectivity index (χ4v) is 1.82. The van der Waals surface area contributed by atoms with Gasteiger partial charge in [0.2, 0.25) is 0 Å². The zero-order valence-corrected chi connectivity index (χ0v) is 9.59. The molecule has 0 aromatic rings. The molecule has 1 fully saturated rings. The summed E-state index contributed by atoms with van der Waals surface area (Å²) in [5, 5.41) is 3.47. The maximum absolute atomic E-state index is 5.44. The van der Waals surface area contributed by atoms with Crippen molar-refractivity contribution in [2.45, 2.75) is 32.7 Å². The molecule has 0 bridgehead atoms. The van der Waals surface area contributed by atoms with E-state index >= 15 is 0 Å². The molecule has 1 heterocycles. The van der Waals surface area contributed by atoms with E-state index in [0.29, 0.717) is 6.04 Å². The van der Waals surface area contributed by atoms with E-state index in [4.69, 9.17) is 4.74 Å². The largest absolute Gasteiger partial charge is 0.380 e. The number of ether oxygens (including phenoxy) is 1. The van der Waals surface area contributed by atoms with E-state index in [1.165, 1.54) is 19.4 Å². The molecular formula is C11H24N2O. The summed E-state index contributed by atoms with van der Waals surface area (Å²) >= 11 is 0. The number of nitrogens with zero attached hydrogens (tertiary/aromatic N) is 1. The summed E-state index contributed by atoms with van der Waals surface area (Å²) in [6.07, 6.45) is 2.40. The number of hydrogen-bond donors (Lipinski definition) is 1. The van der Waals surface area contributed by atoms with Crippen LogP contribution in [-0.4, -0.2) is 50.3 Å². The highest BCUT2D eigenvalue weighted by Gasteiger charge is 2.14. The van der Waals surface area contributed by atoms with Gasteiger partial charge in [-0.15, -0.1) is 0 Å². The predicted octanol–water partition coefficient (Wildman–Crippen LogP) is 1.10. The first-order valence-electron chi connectivity index (χ1n) is 5.87. The van der Waals surface area contributed by atoms with Crippen molar-refractivity contribution < 1.29 is 4.74 Å². The van der Waals surface area contributed by atoms with Crippen molar-refractivity contribution in [2.24, 2.45) is 0 Å². The Hall–Kier alpha value is -0.120. The van der Waals surface area contributed by atoms with Crippen LogP contribution < -0.4 is 5.32 Å². The van der Waals surface area contributed by atoms with Gasteiger partial charge in [-0.2, -0.15) is 0 Å². The van der Waals surface area contributed by atoms with Crippen molar-refractivity contribution in [3.05, 3.63) is 0 Å². The third kappa shape index (κ3) is 4.40. The average molecular weight is 200 g/mol. The summed E-state index contributed by atoms with van der Waals surface area (Å²) in [6, 6.07) is 0.642. The Labute approximate surface area is 87.8 Å². The molecule has 0 aromatic heterocycles. The summed E-state index contributed by atoms with van der Waals surface area (Å²) < 4.78 is 5.44. The van der Waals surface area contributed by atoms with Crippen molar-refractivity contribution in [1.29, 1.82) is 0 Å².